The van der Waals surface area contributed by atoms with Gasteiger partial charge in [0.05, 0.1) is 12.7 Å². The van der Waals surface area contributed by atoms with E-state index in [-0.39, 0.29) is 23.9 Å². The Bertz CT molecular complexity index is 474. The van der Waals surface area contributed by atoms with Crippen LogP contribution in [0.1, 0.15) is 28.8 Å². The first-order valence-electron chi connectivity index (χ1n) is 6.04. The summed E-state index contributed by atoms with van der Waals surface area (Å²) in [5, 5.41) is 0. The second-order valence-corrected chi connectivity index (χ2v) is 4.39. The summed E-state index contributed by atoms with van der Waals surface area (Å²) in [7, 11) is 2.90. The van der Waals surface area contributed by atoms with Crippen LogP contribution >= 0.6 is 0 Å². The van der Waals surface area contributed by atoms with Crippen molar-refractivity contribution in [3.8, 4) is 0 Å². The Morgan fingerprint density at radius 1 is 1.37 bits per heavy atom. The smallest absolute Gasteiger partial charge is 0.305 e. The predicted octanol–water partition coefficient (Wildman–Crippen LogP) is 2.16. The van der Waals surface area contributed by atoms with Crippen molar-refractivity contribution in [3.05, 3.63) is 35.1 Å². The van der Waals surface area contributed by atoms with Gasteiger partial charge >= 0.3 is 5.97 Å². The van der Waals surface area contributed by atoms with E-state index in [1.54, 1.807) is 20.0 Å². The normalized spacial score (nSPS) is 10.1. The SMILES string of the molecule is COC(=O)CCCN(C)C(=O)c1ccc(C)cc1F. The molecule has 1 amide bonds. The van der Waals surface area contributed by atoms with Crippen molar-refractivity contribution in [1.82, 2.24) is 4.90 Å². The molecule has 0 unspecified atom stereocenters. The second-order valence-electron chi connectivity index (χ2n) is 4.39. The van der Waals surface area contributed by atoms with Gasteiger partial charge < -0.3 is 9.64 Å². The van der Waals surface area contributed by atoms with Gasteiger partial charge in [0.15, 0.2) is 0 Å². The monoisotopic (exact) mass is 267 g/mol. The average Bonchev–Trinajstić information content (AvgIpc) is 2.37. The van der Waals surface area contributed by atoms with E-state index in [0.717, 1.165) is 5.56 Å². The summed E-state index contributed by atoms with van der Waals surface area (Å²) < 4.78 is 18.2. The van der Waals surface area contributed by atoms with E-state index in [9.17, 15) is 14.0 Å². The number of amides is 1. The Labute approximate surface area is 112 Å². The van der Waals surface area contributed by atoms with E-state index in [1.165, 1.54) is 24.1 Å². The highest BCUT2D eigenvalue weighted by Crippen LogP contribution is 2.12. The van der Waals surface area contributed by atoms with Crippen molar-refractivity contribution in [3.63, 3.8) is 0 Å². The Balaban J connectivity index is 2.59. The third kappa shape index (κ3) is 4.35. The number of nitrogens with zero attached hydrogens (tertiary/aromatic N) is 1. The number of hydrogen-bond acceptors (Lipinski definition) is 3. The molecular weight excluding hydrogens is 249 g/mol. The van der Waals surface area contributed by atoms with Crippen LogP contribution < -0.4 is 0 Å². The molecule has 0 aliphatic heterocycles. The number of benzene rings is 1. The molecule has 1 rings (SSSR count). The lowest BCUT2D eigenvalue weighted by Gasteiger charge is -2.17. The second kappa shape index (κ2) is 6.87. The van der Waals surface area contributed by atoms with Gasteiger partial charge in [-0.25, -0.2) is 4.39 Å². The molecule has 0 bridgehead atoms. The summed E-state index contributed by atoms with van der Waals surface area (Å²) in [6.45, 7) is 2.14. The fraction of sp³-hybridized carbons (Fsp3) is 0.429. The summed E-state index contributed by atoms with van der Waals surface area (Å²) >= 11 is 0. The van der Waals surface area contributed by atoms with Crippen LogP contribution in [-0.4, -0.2) is 37.5 Å². The number of halogens is 1. The van der Waals surface area contributed by atoms with Crippen molar-refractivity contribution < 1.29 is 18.7 Å². The van der Waals surface area contributed by atoms with Gasteiger partial charge in [-0.15, -0.1) is 0 Å². The van der Waals surface area contributed by atoms with Gasteiger partial charge in [-0.3, -0.25) is 9.59 Å². The van der Waals surface area contributed by atoms with Gasteiger partial charge in [0.1, 0.15) is 5.82 Å². The van der Waals surface area contributed by atoms with Crippen molar-refractivity contribution >= 4 is 11.9 Å². The maximum Gasteiger partial charge on any atom is 0.305 e. The van der Waals surface area contributed by atoms with Gasteiger partial charge in [-0.1, -0.05) is 6.07 Å². The minimum absolute atomic E-state index is 0.0474. The molecule has 1 aromatic carbocycles. The third-order valence-electron chi connectivity index (χ3n) is 2.80. The largest absolute Gasteiger partial charge is 0.469 e. The molecule has 0 saturated carbocycles. The zero-order valence-corrected chi connectivity index (χ0v) is 11.4. The van der Waals surface area contributed by atoms with Crippen LogP contribution in [0.4, 0.5) is 4.39 Å². The van der Waals surface area contributed by atoms with Gasteiger partial charge in [0.2, 0.25) is 0 Å². The highest BCUT2D eigenvalue weighted by molar-refractivity contribution is 5.94. The number of methoxy groups -OCH3 is 1. The van der Waals surface area contributed by atoms with Gasteiger partial charge in [0.25, 0.3) is 5.91 Å². The summed E-state index contributed by atoms with van der Waals surface area (Å²) in [6.07, 6.45) is 0.729. The highest BCUT2D eigenvalue weighted by atomic mass is 19.1. The lowest BCUT2D eigenvalue weighted by Crippen LogP contribution is -2.29. The molecule has 0 heterocycles. The van der Waals surface area contributed by atoms with E-state index in [1.807, 2.05) is 0 Å². The Morgan fingerprint density at radius 2 is 2.05 bits per heavy atom. The molecule has 0 atom stereocenters. The molecule has 1 aromatic rings. The fourth-order valence-corrected chi connectivity index (χ4v) is 1.66. The highest BCUT2D eigenvalue weighted by Gasteiger charge is 2.16. The minimum Gasteiger partial charge on any atom is -0.469 e. The third-order valence-corrected chi connectivity index (χ3v) is 2.80. The van der Waals surface area contributed by atoms with Gasteiger partial charge in [0, 0.05) is 20.0 Å². The summed E-state index contributed by atoms with van der Waals surface area (Å²) in [6, 6.07) is 4.50. The van der Waals surface area contributed by atoms with Crippen molar-refractivity contribution in [2.45, 2.75) is 19.8 Å². The molecule has 4 nitrogen and oxygen atoms in total. The number of carbonyl (C=O) groups is 2. The number of rotatable bonds is 5. The van der Waals surface area contributed by atoms with Gasteiger partial charge in [-0.05, 0) is 31.0 Å². The summed E-state index contributed by atoms with van der Waals surface area (Å²) in [5.41, 5.74) is 0.813. The Kier molecular flexibility index (Phi) is 5.48. The maximum atomic E-state index is 13.6. The molecule has 19 heavy (non-hydrogen) atoms. The summed E-state index contributed by atoms with van der Waals surface area (Å²) in [5.74, 6) is -1.23. The molecule has 104 valence electrons. The lowest BCUT2D eigenvalue weighted by atomic mass is 10.1. The zero-order valence-electron chi connectivity index (χ0n) is 11.4. The molecule has 5 heteroatoms. The average molecular weight is 267 g/mol. The van der Waals surface area contributed by atoms with E-state index in [0.29, 0.717) is 13.0 Å². The lowest BCUT2D eigenvalue weighted by molar-refractivity contribution is -0.140. The molecule has 0 aromatic heterocycles. The summed E-state index contributed by atoms with van der Waals surface area (Å²) in [4.78, 5) is 24.3. The maximum absolute atomic E-state index is 13.6. The first kappa shape index (κ1) is 15.1. The first-order valence-corrected chi connectivity index (χ1v) is 6.04. The number of hydrogen-bond donors (Lipinski definition) is 0. The van der Waals surface area contributed by atoms with Crippen LogP contribution in [-0.2, 0) is 9.53 Å². The zero-order chi connectivity index (χ0) is 14.4. The van der Waals surface area contributed by atoms with E-state index in [2.05, 4.69) is 4.74 Å². The molecular formula is C14H18FNO3. The Morgan fingerprint density at radius 3 is 2.63 bits per heavy atom. The number of carbonyl (C=O) groups excluding carboxylic acids is 2. The molecule has 0 N–H and O–H groups in total. The van der Waals surface area contributed by atoms with Crippen LogP contribution in [0, 0.1) is 12.7 Å². The molecule has 0 radical (unpaired) electrons. The molecule has 0 aliphatic carbocycles. The van der Waals surface area contributed by atoms with Crippen LogP contribution in [0.2, 0.25) is 0 Å². The fourth-order valence-electron chi connectivity index (χ4n) is 1.66. The number of ether oxygens (including phenoxy) is 1. The van der Waals surface area contributed by atoms with Crippen LogP contribution in [0.25, 0.3) is 0 Å². The van der Waals surface area contributed by atoms with Gasteiger partial charge in [-0.2, -0.15) is 0 Å². The minimum atomic E-state index is -0.523. The molecule has 0 aliphatic rings. The molecule has 0 saturated heterocycles. The number of esters is 1. The van der Waals surface area contributed by atoms with Crippen LogP contribution in [0.5, 0.6) is 0 Å². The first-order chi connectivity index (χ1) is 8.95. The molecule has 0 fully saturated rings. The van der Waals surface area contributed by atoms with E-state index < -0.39 is 5.82 Å². The van der Waals surface area contributed by atoms with Crippen LogP contribution in [0.3, 0.4) is 0 Å². The van der Waals surface area contributed by atoms with Crippen LogP contribution in [0.15, 0.2) is 18.2 Å². The van der Waals surface area contributed by atoms with E-state index in [4.69, 9.17) is 0 Å². The topological polar surface area (TPSA) is 46.6 Å². The predicted molar refractivity (Wildman–Crippen MR) is 69.3 cm³/mol. The van der Waals surface area contributed by atoms with E-state index >= 15 is 0 Å². The van der Waals surface area contributed by atoms with Crippen molar-refractivity contribution in [1.29, 1.82) is 0 Å². The Hall–Kier alpha value is -1.91. The van der Waals surface area contributed by atoms with Crippen molar-refractivity contribution in [2.24, 2.45) is 0 Å². The quantitative estimate of drug-likeness (QED) is 0.768. The number of aryl methyl sites for hydroxylation is 1. The standard InChI is InChI=1S/C14H18FNO3/c1-10-6-7-11(12(15)9-10)14(18)16(2)8-4-5-13(17)19-3/h6-7,9H,4-5,8H2,1-3H3. The molecule has 0 spiro atoms. The van der Waals surface area contributed by atoms with Crippen molar-refractivity contribution in [2.75, 3.05) is 20.7 Å².